The predicted molar refractivity (Wildman–Crippen MR) is 63.3 cm³/mol. The number of nitrogens with two attached hydrogens (primary N) is 1. The molecule has 18 heavy (non-hydrogen) atoms. The highest BCUT2D eigenvalue weighted by molar-refractivity contribution is 7.89. The minimum atomic E-state index is -3.69. The van der Waals surface area contributed by atoms with Crippen LogP contribution >= 0.6 is 0 Å². The Bertz CT molecular complexity index is 515. The van der Waals surface area contributed by atoms with Gasteiger partial charge in [0.2, 0.25) is 15.9 Å². The SMILES string of the molecule is NC(=O)COCCNS(=O)(=O)c1cccc(O)c1. The average molecular weight is 274 g/mol. The standard InChI is InChI=1S/C10H14N2O5S/c11-10(14)7-17-5-4-12-18(15,16)9-3-1-2-8(13)6-9/h1-3,6,12-13H,4-5,7H2,(H2,11,14). The monoisotopic (exact) mass is 274 g/mol. The molecule has 1 aromatic carbocycles. The molecule has 0 aliphatic heterocycles. The van der Waals surface area contributed by atoms with Crippen LogP contribution in [0.5, 0.6) is 5.75 Å². The third kappa shape index (κ3) is 4.70. The second-order valence-corrected chi connectivity index (χ2v) is 5.18. The number of carbonyl (C=O) groups excluding carboxylic acids is 1. The number of carbonyl (C=O) groups is 1. The Labute approximate surface area is 105 Å². The number of phenolic OH excluding ortho intramolecular Hbond substituents is 1. The molecule has 0 saturated heterocycles. The molecule has 0 aliphatic rings. The highest BCUT2D eigenvalue weighted by atomic mass is 32.2. The van der Waals surface area contributed by atoms with Gasteiger partial charge in [-0.25, -0.2) is 13.1 Å². The molecule has 0 unspecified atom stereocenters. The molecule has 0 radical (unpaired) electrons. The van der Waals surface area contributed by atoms with Crippen LogP contribution in [0.1, 0.15) is 0 Å². The molecular weight excluding hydrogens is 260 g/mol. The first-order valence-electron chi connectivity index (χ1n) is 5.06. The number of benzene rings is 1. The van der Waals surface area contributed by atoms with Crippen molar-refractivity contribution in [3.05, 3.63) is 24.3 Å². The molecule has 0 bridgehead atoms. The Balaban J connectivity index is 2.48. The Morgan fingerprint density at radius 3 is 2.78 bits per heavy atom. The maximum absolute atomic E-state index is 11.7. The summed E-state index contributed by atoms with van der Waals surface area (Å²) >= 11 is 0. The van der Waals surface area contributed by atoms with Crippen molar-refractivity contribution in [3.8, 4) is 5.75 Å². The van der Waals surface area contributed by atoms with Crippen molar-refractivity contribution in [1.29, 1.82) is 0 Å². The molecule has 0 fully saturated rings. The molecule has 1 amide bonds. The fraction of sp³-hybridized carbons (Fsp3) is 0.300. The second kappa shape index (κ2) is 6.34. The summed E-state index contributed by atoms with van der Waals surface area (Å²) in [6.45, 7) is -0.222. The molecule has 0 aromatic heterocycles. The van der Waals surface area contributed by atoms with Crippen molar-refractivity contribution in [2.75, 3.05) is 19.8 Å². The summed E-state index contributed by atoms with van der Waals surface area (Å²) in [4.78, 5) is 10.3. The van der Waals surface area contributed by atoms with Crippen LogP contribution in [-0.4, -0.2) is 39.2 Å². The Morgan fingerprint density at radius 2 is 2.17 bits per heavy atom. The number of rotatable bonds is 7. The van der Waals surface area contributed by atoms with E-state index in [0.717, 1.165) is 6.07 Å². The Hall–Kier alpha value is -1.64. The van der Waals surface area contributed by atoms with Crippen molar-refractivity contribution >= 4 is 15.9 Å². The first-order chi connectivity index (χ1) is 8.42. The molecule has 8 heteroatoms. The lowest BCUT2D eigenvalue weighted by atomic mass is 10.3. The van der Waals surface area contributed by atoms with Gasteiger partial charge in [0, 0.05) is 6.54 Å². The van der Waals surface area contributed by atoms with Crippen LogP contribution < -0.4 is 10.5 Å². The van der Waals surface area contributed by atoms with Crippen molar-refractivity contribution < 1.29 is 23.1 Å². The number of hydrogen-bond acceptors (Lipinski definition) is 5. The zero-order chi connectivity index (χ0) is 13.6. The molecule has 0 aliphatic carbocycles. The number of aromatic hydroxyl groups is 1. The Morgan fingerprint density at radius 1 is 1.44 bits per heavy atom. The summed E-state index contributed by atoms with van der Waals surface area (Å²) in [7, 11) is -3.69. The zero-order valence-corrected chi connectivity index (χ0v) is 10.3. The van der Waals surface area contributed by atoms with Gasteiger partial charge in [-0.3, -0.25) is 4.79 Å². The number of primary amides is 1. The van der Waals surface area contributed by atoms with Crippen molar-refractivity contribution in [2.24, 2.45) is 5.73 Å². The number of sulfonamides is 1. The van der Waals surface area contributed by atoms with Crippen LogP contribution in [0.25, 0.3) is 0 Å². The van der Waals surface area contributed by atoms with Crippen LogP contribution in [0.15, 0.2) is 29.2 Å². The van der Waals surface area contributed by atoms with Gasteiger partial charge >= 0.3 is 0 Å². The van der Waals surface area contributed by atoms with Gasteiger partial charge in [0.1, 0.15) is 12.4 Å². The third-order valence-electron chi connectivity index (χ3n) is 1.91. The van der Waals surface area contributed by atoms with Gasteiger partial charge in [-0.15, -0.1) is 0 Å². The van der Waals surface area contributed by atoms with Crippen molar-refractivity contribution in [2.45, 2.75) is 4.90 Å². The molecule has 1 rings (SSSR count). The van der Waals surface area contributed by atoms with E-state index in [4.69, 9.17) is 10.5 Å². The number of nitrogens with one attached hydrogen (secondary N) is 1. The van der Waals surface area contributed by atoms with E-state index >= 15 is 0 Å². The lowest BCUT2D eigenvalue weighted by Crippen LogP contribution is -2.28. The van der Waals surface area contributed by atoms with E-state index in [9.17, 15) is 18.3 Å². The summed E-state index contributed by atoms with van der Waals surface area (Å²) in [6, 6.07) is 5.28. The number of ether oxygens (including phenoxy) is 1. The van der Waals surface area contributed by atoms with Crippen LogP contribution in [0.3, 0.4) is 0 Å². The summed E-state index contributed by atoms with van der Waals surface area (Å²) in [6.07, 6.45) is 0. The minimum Gasteiger partial charge on any atom is -0.508 e. The molecule has 100 valence electrons. The van der Waals surface area contributed by atoms with Gasteiger partial charge < -0.3 is 15.6 Å². The molecular formula is C10H14N2O5S. The Kier molecular flexibility index (Phi) is 5.08. The average Bonchev–Trinajstić information content (AvgIpc) is 2.28. The lowest BCUT2D eigenvalue weighted by Gasteiger charge is -2.07. The van der Waals surface area contributed by atoms with Crippen LogP contribution in [0, 0.1) is 0 Å². The summed E-state index contributed by atoms with van der Waals surface area (Å²) in [5.74, 6) is -0.756. The largest absolute Gasteiger partial charge is 0.508 e. The molecule has 0 heterocycles. The van der Waals surface area contributed by atoms with Gasteiger partial charge in [0.15, 0.2) is 0 Å². The number of amides is 1. The lowest BCUT2D eigenvalue weighted by molar-refractivity contribution is -0.122. The summed E-state index contributed by atoms with van der Waals surface area (Å²) in [5.41, 5.74) is 4.84. The molecule has 0 saturated carbocycles. The maximum atomic E-state index is 11.7. The fourth-order valence-corrected chi connectivity index (χ4v) is 2.21. The van der Waals surface area contributed by atoms with E-state index in [1.165, 1.54) is 18.2 Å². The van der Waals surface area contributed by atoms with Gasteiger partial charge in [-0.2, -0.15) is 0 Å². The maximum Gasteiger partial charge on any atom is 0.243 e. The quantitative estimate of drug-likeness (QED) is 0.561. The van der Waals surface area contributed by atoms with Gasteiger partial charge in [0.05, 0.1) is 11.5 Å². The predicted octanol–water partition coefficient (Wildman–Crippen LogP) is -0.828. The highest BCUT2D eigenvalue weighted by Gasteiger charge is 2.13. The highest BCUT2D eigenvalue weighted by Crippen LogP contribution is 2.15. The summed E-state index contributed by atoms with van der Waals surface area (Å²) in [5, 5.41) is 9.18. The topological polar surface area (TPSA) is 119 Å². The van der Waals surface area contributed by atoms with E-state index in [-0.39, 0.29) is 30.4 Å². The van der Waals surface area contributed by atoms with Crippen LogP contribution in [0.2, 0.25) is 0 Å². The molecule has 0 spiro atoms. The van der Waals surface area contributed by atoms with E-state index in [2.05, 4.69) is 4.72 Å². The van der Waals surface area contributed by atoms with Gasteiger partial charge in [0.25, 0.3) is 0 Å². The molecule has 0 atom stereocenters. The third-order valence-corrected chi connectivity index (χ3v) is 3.37. The van der Waals surface area contributed by atoms with Crippen molar-refractivity contribution in [3.63, 3.8) is 0 Å². The first-order valence-corrected chi connectivity index (χ1v) is 6.55. The minimum absolute atomic E-state index is 0.00523. The first kappa shape index (κ1) is 14.4. The van der Waals surface area contributed by atoms with E-state index < -0.39 is 15.9 Å². The van der Waals surface area contributed by atoms with Gasteiger partial charge in [-0.05, 0) is 18.2 Å². The number of hydrogen-bond donors (Lipinski definition) is 3. The summed E-state index contributed by atoms with van der Waals surface area (Å²) < 4.78 is 30.5. The van der Waals surface area contributed by atoms with E-state index in [0.29, 0.717) is 0 Å². The smallest absolute Gasteiger partial charge is 0.243 e. The van der Waals surface area contributed by atoms with Crippen LogP contribution in [0.4, 0.5) is 0 Å². The molecule has 1 aromatic rings. The fourth-order valence-electron chi connectivity index (χ4n) is 1.15. The zero-order valence-electron chi connectivity index (χ0n) is 9.50. The second-order valence-electron chi connectivity index (χ2n) is 3.41. The molecule has 7 nitrogen and oxygen atoms in total. The van der Waals surface area contributed by atoms with E-state index in [1.807, 2.05) is 0 Å². The number of phenols is 1. The van der Waals surface area contributed by atoms with E-state index in [1.54, 1.807) is 0 Å². The van der Waals surface area contributed by atoms with Crippen LogP contribution in [-0.2, 0) is 19.6 Å². The normalized spacial score (nSPS) is 11.3. The van der Waals surface area contributed by atoms with Crippen molar-refractivity contribution in [1.82, 2.24) is 4.72 Å². The molecule has 4 N–H and O–H groups in total. The van der Waals surface area contributed by atoms with Gasteiger partial charge in [-0.1, -0.05) is 6.07 Å².